The third-order valence-corrected chi connectivity index (χ3v) is 3.81. The number of benzene rings is 1. The van der Waals surface area contributed by atoms with Gasteiger partial charge in [-0.3, -0.25) is 4.79 Å². The average molecular weight is 332 g/mol. The van der Waals surface area contributed by atoms with Crippen LogP contribution in [-0.2, 0) is 13.8 Å². The molecule has 116 valence electrons. The van der Waals surface area contributed by atoms with Crippen molar-refractivity contribution >= 4 is 25.6 Å². The highest BCUT2D eigenvalue weighted by Gasteiger charge is 2.14. The fourth-order valence-corrected chi connectivity index (χ4v) is 2.47. The number of nitrogens with one attached hydrogen (secondary N) is 1. The lowest BCUT2D eigenvalue weighted by molar-refractivity contribution is 0.0926. The molecule has 1 amide bonds. The van der Waals surface area contributed by atoms with Crippen LogP contribution in [-0.4, -0.2) is 34.1 Å². The number of aryl methyl sites for hydroxylation is 1. The maximum Gasteiger partial charge on any atom is 0.261 e. The molecule has 0 aliphatic rings. The second kappa shape index (κ2) is 7.59. The van der Waals surface area contributed by atoms with Gasteiger partial charge in [-0.25, -0.2) is 8.42 Å². The number of rotatable bonds is 7. The number of hydrogen-bond donors (Lipinski definition) is 1. The molecule has 0 aliphatic heterocycles. The van der Waals surface area contributed by atoms with Gasteiger partial charge in [0.25, 0.3) is 15.0 Å². The smallest absolute Gasteiger partial charge is 0.261 e. The zero-order valence-electron chi connectivity index (χ0n) is 12.0. The molecule has 0 fully saturated rings. The van der Waals surface area contributed by atoms with Gasteiger partial charge in [0.15, 0.2) is 0 Å². The fourth-order valence-electron chi connectivity index (χ4n) is 1.60. The van der Waals surface area contributed by atoms with Crippen molar-refractivity contribution in [2.24, 2.45) is 0 Å². The summed E-state index contributed by atoms with van der Waals surface area (Å²) in [5.74, 6) is -0.376. The molecule has 1 aromatic carbocycles. The number of carbonyl (C=O) groups is 1. The van der Waals surface area contributed by atoms with Crippen molar-refractivity contribution in [3.05, 3.63) is 41.5 Å². The zero-order chi connectivity index (χ0) is 16.0. The Labute approximate surface area is 129 Å². The van der Waals surface area contributed by atoms with Crippen molar-refractivity contribution in [2.45, 2.75) is 18.7 Å². The molecule has 0 bridgehead atoms. The third-order valence-electron chi connectivity index (χ3n) is 2.48. The van der Waals surface area contributed by atoms with Crippen molar-refractivity contribution in [3.8, 4) is 0 Å². The van der Waals surface area contributed by atoms with E-state index >= 15 is 0 Å². The first-order valence-electron chi connectivity index (χ1n) is 6.27. The normalized spacial score (nSPS) is 11.2. The largest absolute Gasteiger partial charge is 0.375 e. The molecule has 1 aromatic rings. The lowest BCUT2D eigenvalue weighted by atomic mass is 10.1. The Balaban J connectivity index is 2.66. The van der Waals surface area contributed by atoms with Crippen LogP contribution in [0, 0.1) is 6.92 Å². The summed E-state index contributed by atoms with van der Waals surface area (Å²) in [5.41, 5.74) is 1.78. The molecule has 1 N–H and O–H groups in total. The van der Waals surface area contributed by atoms with Crippen LogP contribution in [0.25, 0.3) is 0 Å². The Hall–Kier alpha value is -1.37. The lowest BCUT2D eigenvalue weighted by Gasteiger charge is -2.08. The lowest BCUT2D eigenvalue weighted by Crippen LogP contribution is -2.27. The third kappa shape index (κ3) is 6.29. The minimum atomic E-state index is -3.86. The minimum absolute atomic E-state index is 0.0900. The summed E-state index contributed by atoms with van der Waals surface area (Å²) >= 11 is 0. The van der Waals surface area contributed by atoms with E-state index in [2.05, 4.69) is 11.9 Å². The molecule has 0 radical (unpaired) electrons. The van der Waals surface area contributed by atoms with Crippen LogP contribution in [0.3, 0.4) is 0 Å². The van der Waals surface area contributed by atoms with Crippen LogP contribution < -0.4 is 5.32 Å². The Morgan fingerprint density at radius 2 is 2.05 bits per heavy atom. The van der Waals surface area contributed by atoms with E-state index in [1.54, 1.807) is 13.0 Å². The van der Waals surface area contributed by atoms with E-state index in [1.165, 1.54) is 12.1 Å². The minimum Gasteiger partial charge on any atom is -0.375 e. The number of carbonyl (C=O) groups excluding carboxylic acids is 1. The number of ether oxygens (including phenoxy) is 1. The van der Waals surface area contributed by atoms with Crippen molar-refractivity contribution in [1.29, 1.82) is 0 Å². The molecule has 1 rings (SSSR count). The van der Waals surface area contributed by atoms with Gasteiger partial charge in [0.05, 0.1) is 18.1 Å². The van der Waals surface area contributed by atoms with Gasteiger partial charge >= 0.3 is 0 Å². The van der Waals surface area contributed by atoms with Gasteiger partial charge in [0.2, 0.25) is 0 Å². The summed E-state index contributed by atoms with van der Waals surface area (Å²) in [6, 6.07) is 4.25. The van der Waals surface area contributed by atoms with Gasteiger partial charge in [-0.15, -0.1) is 0 Å². The topological polar surface area (TPSA) is 72.5 Å². The summed E-state index contributed by atoms with van der Waals surface area (Å²) in [4.78, 5) is 11.9. The molecular formula is C14H18ClNO4S. The molecule has 0 aromatic heterocycles. The Morgan fingerprint density at radius 3 is 2.62 bits per heavy atom. The summed E-state index contributed by atoms with van der Waals surface area (Å²) in [6.07, 6.45) is 0. The molecule has 5 nitrogen and oxygen atoms in total. The SMILES string of the molecule is C=C(C)COCCNC(=O)c1cc(C)cc(S(=O)(=O)Cl)c1. The van der Waals surface area contributed by atoms with Gasteiger partial charge in [0.1, 0.15) is 0 Å². The van der Waals surface area contributed by atoms with Crippen LogP contribution in [0.4, 0.5) is 0 Å². The summed E-state index contributed by atoms with van der Waals surface area (Å²) in [5, 5.41) is 2.65. The molecule has 0 spiro atoms. The van der Waals surface area contributed by atoms with E-state index < -0.39 is 9.05 Å². The van der Waals surface area contributed by atoms with Crippen LogP contribution >= 0.6 is 10.7 Å². The molecular weight excluding hydrogens is 314 g/mol. The van der Waals surface area contributed by atoms with E-state index in [9.17, 15) is 13.2 Å². The van der Waals surface area contributed by atoms with Gasteiger partial charge < -0.3 is 10.1 Å². The van der Waals surface area contributed by atoms with Crippen molar-refractivity contribution in [2.75, 3.05) is 19.8 Å². The standard InChI is InChI=1S/C14H18ClNO4S/c1-10(2)9-20-5-4-16-14(17)12-6-11(3)7-13(8-12)21(15,18)19/h6-8H,1,4-5,9H2,2-3H3,(H,16,17). The average Bonchev–Trinajstić information content (AvgIpc) is 2.36. The second-order valence-corrected chi connectivity index (χ2v) is 7.30. The van der Waals surface area contributed by atoms with Crippen LogP contribution in [0.15, 0.2) is 35.2 Å². The number of halogens is 1. The van der Waals surface area contributed by atoms with Crippen molar-refractivity contribution in [3.63, 3.8) is 0 Å². The first-order chi connectivity index (χ1) is 9.70. The predicted octanol–water partition coefficient (Wildman–Crippen LogP) is 2.25. The first-order valence-corrected chi connectivity index (χ1v) is 8.58. The quantitative estimate of drug-likeness (QED) is 0.472. The van der Waals surface area contributed by atoms with E-state index in [1.807, 2.05) is 6.92 Å². The second-order valence-electron chi connectivity index (χ2n) is 4.74. The number of amides is 1. The van der Waals surface area contributed by atoms with Crippen molar-refractivity contribution in [1.82, 2.24) is 5.32 Å². The molecule has 0 heterocycles. The van der Waals surface area contributed by atoms with Crippen LogP contribution in [0.1, 0.15) is 22.8 Å². The van der Waals surface area contributed by atoms with Gasteiger partial charge in [-0.1, -0.05) is 12.2 Å². The molecule has 0 atom stereocenters. The Kier molecular flexibility index (Phi) is 6.39. The van der Waals surface area contributed by atoms with E-state index in [4.69, 9.17) is 15.4 Å². The molecule has 7 heteroatoms. The van der Waals surface area contributed by atoms with E-state index in [0.717, 1.165) is 5.57 Å². The highest BCUT2D eigenvalue weighted by atomic mass is 35.7. The van der Waals surface area contributed by atoms with Gasteiger partial charge in [-0.05, 0) is 37.6 Å². The first kappa shape index (κ1) is 17.7. The maximum absolute atomic E-state index is 12.0. The highest BCUT2D eigenvalue weighted by Crippen LogP contribution is 2.18. The zero-order valence-corrected chi connectivity index (χ0v) is 13.6. The Bertz CT molecular complexity index is 640. The van der Waals surface area contributed by atoms with Crippen LogP contribution in [0.5, 0.6) is 0 Å². The van der Waals surface area contributed by atoms with Crippen LogP contribution in [0.2, 0.25) is 0 Å². The molecule has 21 heavy (non-hydrogen) atoms. The van der Waals surface area contributed by atoms with E-state index in [0.29, 0.717) is 25.3 Å². The van der Waals surface area contributed by atoms with Gasteiger partial charge in [-0.2, -0.15) is 0 Å². The number of hydrogen-bond acceptors (Lipinski definition) is 4. The van der Waals surface area contributed by atoms with Gasteiger partial charge in [0, 0.05) is 22.8 Å². The molecule has 0 unspecified atom stereocenters. The maximum atomic E-state index is 12.0. The molecule has 0 saturated carbocycles. The summed E-state index contributed by atoms with van der Waals surface area (Å²) in [7, 11) is 1.43. The molecule has 0 aliphatic carbocycles. The summed E-state index contributed by atoms with van der Waals surface area (Å²) in [6.45, 7) is 8.35. The highest BCUT2D eigenvalue weighted by molar-refractivity contribution is 8.13. The van der Waals surface area contributed by atoms with E-state index in [-0.39, 0.29) is 16.4 Å². The molecule has 0 saturated heterocycles. The van der Waals surface area contributed by atoms with Crippen molar-refractivity contribution < 1.29 is 17.9 Å². The Morgan fingerprint density at radius 1 is 1.38 bits per heavy atom. The monoisotopic (exact) mass is 331 g/mol. The fraction of sp³-hybridized carbons (Fsp3) is 0.357. The summed E-state index contributed by atoms with van der Waals surface area (Å²) < 4.78 is 27.9. The predicted molar refractivity (Wildman–Crippen MR) is 82.2 cm³/mol.